The average Bonchev–Trinajstić information content (AvgIpc) is 2.54. The van der Waals surface area contributed by atoms with Crippen LogP contribution in [0.15, 0.2) is 36.0 Å². The Bertz CT molecular complexity index is 680. The molecule has 0 saturated carbocycles. The molecule has 7 nitrogen and oxygen atoms in total. The van der Waals surface area contributed by atoms with Gasteiger partial charge in [0.1, 0.15) is 5.57 Å². The highest BCUT2D eigenvalue weighted by atomic mass is 35.5. The van der Waals surface area contributed by atoms with E-state index in [1.165, 1.54) is 6.20 Å². The van der Waals surface area contributed by atoms with E-state index in [0.29, 0.717) is 37.0 Å². The molecule has 8 heteroatoms. The van der Waals surface area contributed by atoms with E-state index < -0.39 is 17.8 Å². The van der Waals surface area contributed by atoms with Gasteiger partial charge in [0.15, 0.2) is 0 Å². The van der Waals surface area contributed by atoms with Gasteiger partial charge >= 0.3 is 6.03 Å². The van der Waals surface area contributed by atoms with Crippen molar-refractivity contribution >= 4 is 35.1 Å². The molecular weight excluding hydrogens is 322 g/mol. The molecule has 1 aromatic rings. The van der Waals surface area contributed by atoms with Crippen molar-refractivity contribution in [3.8, 4) is 0 Å². The molecule has 23 heavy (non-hydrogen) atoms. The lowest BCUT2D eigenvalue weighted by molar-refractivity contribution is -0.122. The molecule has 4 amide bonds. The number of hydrogen-bond acceptors (Lipinski definition) is 5. The maximum absolute atomic E-state index is 12.6. The van der Waals surface area contributed by atoms with E-state index in [0.717, 1.165) is 4.90 Å². The van der Waals surface area contributed by atoms with Crippen LogP contribution in [0.2, 0.25) is 5.02 Å². The van der Waals surface area contributed by atoms with E-state index in [4.69, 9.17) is 16.3 Å². The molecule has 0 bridgehead atoms. The quantitative estimate of drug-likeness (QED) is 0.647. The summed E-state index contributed by atoms with van der Waals surface area (Å²) in [6, 6.07) is 5.45. The summed E-state index contributed by atoms with van der Waals surface area (Å²) >= 11 is 5.82. The summed E-state index contributed by atoms with van der Waals surface area (Å²) in [7, 11) is 0. The van der Waals surface area contributed by atoms with Crippen LogP contribution in [0.5, 0.6) is 0 Å². The highest BCUT2D eigenvalue weighted by molar-refractivity contribution is 6.37. The minimum Gasteiger partial charge on any atom is -0.378 e. The summed E-state index contributed by atoms with van der Waals surface area (Å²) in [5.41, 5.74) is 0.263. The van der Waals surface area contributed by atoms with Crippen LogP contribution in [-0.2, 0) is 14.3 Å². The third kappa shape index (κ3) is 3.20. The number of ether oxygens (including phenoxy) is 1. The number of nitrogens with zero attached hydrogens (tertiary/aromatic N) is 2. The molecule has 0 spiro atoms. The second kappa shape index (κ2) is 6.39. The fraction of sp³-hybridized carbons (Fsp3) is 0.267. The van der Waals surface area contributed by atoms with Crippen molar-refractivity contribution in [2.75, 3.05) is 31.2 Å². The number of anilines is 1. The Balaban J connectivity index is 1.90. The number of carbonyl (C=O) groups excluding carboxylic acids is 3. The number of halogens is 1. The predicted octanol–water partition coefficient (Wildman–Crippen LogP) is 1.14. The second-order valence-corrected chi connectivity index (χ2v) is 5.50. The zero-order chi connectivity index (χ0) is 16.4. The molecule has 2 heterocycles. The van der Waals surface area contributed by atoms with Crippen LogP contribution in [0.4, 0.5) is 10.5 Å². The monoisotopic (exact) mass is 335 g/mol. The van der Waals surface area contributed by atoms with Crippen LogP contribution in [0.1, 0.15) is 0 Å². The van der Waals surface area contributed by atoms with E-state index >= 15 is 0 Å². The molecule has 120 valence electrons. The van der Waals surface area contributed by atoms with Gasteiger partial charge in [0.2, 0.25) is 0 Å². The summed E-state index contributed by atoms with van der Waals surface area (Å²) < 4.78 is 5.23. The number of imide groups is 2. The Morgan fingerprint density at radius 3 is 2.39 bits per heavy atom. The molecule has 0 atom stereocenters. The molecule has 0 radical (unpaired) electrons. The third-order valence-corrected chi connectivity index (χ3v) is 3.80. The standard InChI is InChI=1S/C15H14ClN3O4/c16-10-1-3-11(4-2-10)19-14(21)12(13(20)17-15(19)22)9-18-5-7-23-8-6-18/h1-4,9H,5-8H2,(H,17,20,22). The first-order chi connectivity index (χ1) is 11.1. The Morgan fingerprint density at radius 1 is 1.09 bits per heavy atom. The van der Waals surface area contributed by atoms with Crippen molar-refractivity contribution in [2.24, 2.45) is 0 Å². The van der Waals surface area contributed by atoms with Crippen molar-refractivity contribution in [2.45, 2.75) is 0 Å². The number of benzene rings is 1. The zero-order valence-corrected chi connectivity index (χ0v) is 12.9. The smallest absolute Gasteiger partial charge is 0.335 e. The van der Waals surface area contributed by atoms with Crippen molar-refractivity contribution < 1.29 is 19.1 Å². The van der Waals surface area contributed by atoms with E-state index in [9.17, 15) is 14.4 Å². The highest BCUT2D eigenvalue weighted by Gasteiger charge is 2.37. The Morgan fingerprint density at radius 2 is 1.74 bits per heavy atom. The van der Waals surface area contributed by atoms with Gasteiger partial charge < -0.3 is 9.64 Å². The summed E-state index contributed by atoms with van der Waals surface area (Å²) in [4.78, 5) is 39.3. The van der Waals surface area contributed by atoms with Crippen LogP contribution in [0, 0.1) is 0 Å². The average molecular weight is 336 g/mol. The molecule has 1 N–H and O–H groups in total. The van der Waals surface area contributed by atoms with Crippen molar-refractivity contribution in [1.29, 1.82) is 0 Å². The molecule has 1 aromatic carbocycles. The van der Waals surface area contributed by atoms with Crippen LogP contribution in [-0.4, -0.2) is 49.0 Å². The highest BCUT2D eigenvalue weighted by Crippen LogP contribution is 2.22. The normalized spacial score (nSPS) is 20.9. The van der Waals surface area contributed by atoms with E-state index in [1.807, 2.05) is 4.90 Å². The molecule has 0 unspecified atom stereocenters. The van der Waals surface area contributed by atoms with E-state index in [1.54, 1.807) is 24.3 Å². The van der Waals surface area contributed by atoms with Gasteiger partial charge in [-0.2, -0.15) is 0 Å². The molecule has 2 aliphatic rings. The van der Waals surface area contributed by atoms with Crippen LogP contribution in [0.25, 0.3) is 0 Å². The summed E-state index contributed by atoms with van der Waals surface area (Å²) in [5, 5.41) is 2.67. The number of rotatable bonds is 2. The number of urea groups is 1. The molecule has 0 aliphatic carbocycles. The van der Waals surface area contributed by atoms with Crippen molar-refractivity contribution in [3.05, 3.63) is 41.1 Å². The lowest BCUT2D eigenvalue weighted by Gasteiger charge is -2.29. The summed E-state index contributed by atoms with van der Waals surface area (Å²) in [6.07, 6.45) is 1.48. The van der Waals surface area contributed by atoms with Gasteiger partial charge in [-0.25, -0.2) is 9.69 Å². The summed E-state index contributed by atoms with van der Waals surface area (Å²) in [5.74, 6) is -1.36. The van der Waals surface area contributed by atoms with Crippen LogP contribution in [0.3, 0.4) is 0 Å². The van der Waals surface area contributed by atoms with E-state index in [2.05, 4.69) is 5.32 Å². The van der Waals surface area contributed by atoms with Crippen molar-refractivity contribution in [3.63, 3.8) is 0 Å². The van der Waals surface area contributed by atoms with Crippen molar-refractivity contribution in [1.82, 2.24) is 10.2 Å². The van der Waals surface area contributed by atoms with Crippen LogP contribution < -0.4 is 10.2 Å². The first-order valence-corrected chi connectivity index (χ1v) is 7.43. The van der Waals surface area contributed by atoms with Gasteiger partial charge in [0.25, 0.3) is 11.8 Å². The Kier molecular flexibility index (Phi) is 4.31. The second-order valence-electron chi connectivity index (χ2n) is 5.07. The van der Waals surface area contributed by atoms with Gasteiger partial charge in [-0.15, -0.1) is 0 Å². The third-order valence-electron chi connectivity index (χ3n) is 3.54. The maximum Gasteiger partial charge on any atom is 0.335 e. The minimum atomic E-state index is -0.776. The molecule has 0 aromatic heterocycles. The number of nitrogens with one attached hydrogen (secondary N) is 1. The predicted molar refractivity (Wildman–Crippen MR) is 83.0 cm³/mol. The molecule has 2 aliphatic heterocycles. The molecule has 2 fully saturated rings. The first kappa shape index (κ1) is 15.5. The fourth-order valence-electron chi connectivity index (χ4n) is 2.36. The maximum atomic E-state index is 12.6. The minimum absolute atomic E-state index is 0.0820. The zero-order valence-electron chi connectivity index (χ0n) is 12.1. The van der Waals surface area contributed by atoms with Gasteiger partial charge in [-0.3, -0.25) is 14.9 Å². The number of barbiturate groups is 1. The van der Waals surface area contributed by atoms with Gasteiger partial charge in [-0.1, -0.05) is 11.6 Å². The fourth-order valence-corrected chi connectivity index (χ4v) is 2.48. The SMILES string of the molecule is O=C1NC(=O)N(c2ccc(Cl)cc2)C(=O)C1=CN1CCOCC1. The van der Waals surface area contributed by atoms with Gasteiger partial charge in [0, 0.05) is 24.3 Å². The molecular formula is C15H14ClN3O4. The number of morpholine rings is 1. The molecule has 3 rings (SSSR count). The first-order valence-electron chi connectivity index (χ1n) is 7.05. The van der Waals surface area contributed by atoms with Gasteiger partial charge in [0.05, 0.1) is 18.9 Å². The molecule has 2 saturated heterocycles. The lowest BCUT2D eigenvalue weighted by Crippen LogP contribution is -2.55. The number of hydrogen-bond donors (Lipinski definition) is 1. The number of amides is 4. The van der Waals surface area contributed by atoms with E-state index in [-0.39, 0.29) is 5.57 Å². The topological polar surface area (TPSA) is 79.0 Å². The lowest BCUT2D eigenvalue weighted by atomic mass is 10.1. The van der Waals surface area contributed by atoms with Crippen LogP contribution >= 0.6 is 11.6 Å². The largest absolute Gasteiger partial charge is 0.378 e. The Hall–Kier alpha value is -2.38. The van der Waals surface area contributed by atoms with Gasteiger partial charge in [-0.05, 0) is 24.3 Å². The Labute approximate surface area is 137 Å². The summed E-state index contributed by atoms with van der Waals surface area (Å²) in [6.45, 7) is 2.22. The number of carbonyl (C=O) groups is 3.